The molecule has 3 nitrogen and oxygen atoms in total. The molecule has 1 aliphatic rings. The third kappa shape index (κ3) is 2.63. The lowest BCUT2D eigenvalue weighted by Crippen LogP contribution is -2.39. The highest BCUT2D eigenvalue weighted by Crippen LogP contribution is 2.38. The van der Waals surface area contributed by atoms with Crippen LogP contribution in [0.5, 0.6) is 0 Å². The standard InChI is InChI=1S/C14H22BrN3/c1-9-10(16)8-17-13(12(9)15)18-11-6-4-5-7-14(11,2)3/h8,11H,4-7,16H2,1-3H3,(H,17,18). The molecular formula is C14H22BrN3. The summed E-state index contributed by atoms with van der Waals surface area (Å²) in [5.41, 5.74) is 7.97. The maximum Gasteiger partial charge on any atom is 0.140 e. The van der Waals surface area contributed by atoms with Crippen LogP contribution >= 0.6 is 15.9 Å². The van der Waals surface area contributed by atoms with Gasteiger partial charge in [-0.2, -0.15) is 0 Å². The molecule has 1 heterocycles. The van der Waals surface area contributed by atoms with Gasteiger partial charge >= 0.3 is 0 Å². The van der Waals surface area contributed by atoms with E-state index in [2.05, 4.69) is 40.1 Å². The minimum Gasteiger partial charge on any atom is -0.397 e. The number of nitrogens with one attached hydrogen (secondary N) is 1. The van der Waals surface area contributed by atoms with Gasteiger partial charge in [0.05, 0.1) is 16.4 Å². The lowest BCUT2D eigenvalue weighted by atomic mass is 9.73. The van der Waals surface area contributed by atoms with Crippen LogP contribution in [0.15, 0.2) is 10.7 Å². The van der Waals surface area contributed by atoms with Crippen LogP contribution in [0.3, 0.4) is 0 Å². The van der Waals surface area contributed by atoms with Gasteiger partial charge in [-0.15, -0.1) is 0 Å². The summed E-state index contributed by atoms with van der Waals surface area (Å²) in [7, 11) is 0. The highest BCUT2D eigenvalue weighted by molar-refractivity contribution is 9.10. The first-order valence-electron chi connectivity index (χ1n) is 6.59. The minimum absolute atomic E-state index is 0.328. The molecule has 0 aromatic carbocycles. The molecule has 0 aliphatic heterocycles. The number of pyridine rings is 1. The Morgan fingerprint density at radius 2 is 2.17 bits per heavy atom. The van der Waals surface area contributed by atoms with Crippen LogP contribution in [0.25, 0.3) is 0 Å². The lowest BCUT2D eigenvalue weighted by Gasteiger charge is -2.39. The molecule has 1 aliphatic carbocycles. The highest BCUT2D eigenvalue weighted by Gasteiger charge is 2.32. The molecule has 1 atom stereocenters. The first-order valence-corrected chi connectivity index (χ1v) is 7.38. The van der Waals surface area contributed by atoms with Gasteiger partial charge in [0.1, 0.15) is 5.82 Å². The summed E-state index contributed by atoms with van der Waals surface area (Å²) in [6, 6.07) is 0.484. The van der Waals surface area contributed by atoms with Crippen molar-refractivity contribution in [2.75, 3.05) is 11.1 Å². The van der Waals surface area contributed by atoms with E-state index in [0.29, 0.717) is 11.5 Å². The zero-order valence-electron chi connectivity index (χ0n) is 11.4. The fourth-order valence-corrected chi connectivity index (χ4v) is 3.06. The maximum absolute atomic E-state index is 5.86. The first-order chi connectivity index (χ1) is 8.42. The van der Waals surface area contributed by atoms with Crippen molar-refractivity contribution < 1.29 is 0 Å². The molecule has 1 aromatic rings. The third-order valence-electron chi connectivity index (χ3n) is 4.12. The number of hydrogen-bond acceptors (Lipinski definition) is 3. The Labute approximate surface area is 118 Å². The molecule has 18 heavy (non-hydrogen) atoms. The summed E-state index contributed by atoms with van der Waals surface area (Å²) < 4.78 is 0.990. The van der Waals surface area contributed by atoms with E-state index >= 15 is 0 Å². The van der Waals surface area contributed by atoms with Crippen molar-refractivity contribution in [1.29, 1.82) is 0 Å². The van der Waals surface area contributed by atoms with Crippen LogP contribution in [0, 0.1) is 12.3 Å². The zero-order chi connectivity index (χ0) is 13.3. The van der Waals surface area contributed by atoms with Gasteiger partial charge in [0.15, 0.2) is 0 Å². The monoisotopic (exact) mass is 311 g/mol. The lowest BCUT2D eigenvalue weighted by molar-refractivity contribution is 0.216. The molecule has 0 amide bonds. The van der Waals surface area contributed by atoms with Crippen molar-refractivity contribution in [3.8, 4) is 0 Å². The van der Waals surface area contributed by atoms with Gasteiger partial charge in [-0.25, -0.2) is 4.98 Å². The predicted octanol–water partition coefficient (Wildman–Crippen LogP) is 4.12. The number of aromatic nitrogens is 1. The largest absolute Gasteiger partial charge is 0.397 e. The fraction of sp³-hybridized carbons (Fsp3) is 0.643. The van der Waals surface area contributed by atoms with Crippen molar-refractivity contribution in [1.82, 2.24) is 4.98 Å². The van der Waals surface area contributed by atoms with Gasteiger partial charge in [-0.1, -0.05) is 26.7 Å². The number of hydrogen-bond donors (Lipinski definition) is 2. The van der Waals surface area contributed by atoms with Crippen LogP contribution in [0.2, 0.25) is 0 Å². The summed E-state index contributed by atoms with van der Waals surface area (Å²) >= 11 is 3.59. The Morgan fingerprint density at radius 3 is 2.83 bits per heavy atom. The molecule has 1 aromatic heterocycles. The summed E-state index contributed by atoms with van der Waals surface area (Å²) in [5, 5.41) is 3.59. The summed E-state index contributed by atoms with van der Waals surface area (Å²) in [6.07, 6.45) is 6.85. The zero-order valence-corrected chi connectivity index (χ0v) is 13.0. The van der Waals surface area contributed by atoms with Crippen LogP contribution in [0.1, 0.15) is 45.1 Å². The quantitative estimate of drug-likeness (QED) is 0.864. The number of nitrogens with two attached hydrogens (primary N) is 1. The number of rotatable bonds is 2. The minimum atomic E-state index is 0.328. The first kappa shape index (κ1) is 13.7. The smallest absolute Gasteiger partial charge is 0.140 e. The van der Waals surface area contributed by atoms with Crippen LogP contribution in [-0.2, 0) is 0 Å². The molecule has 0 spiro atoms. The van der Waals surface area contributed by atoms with E-state index in [1.54, 1.807) is 6.20 Å². The van der Waals surface area contributed by atoms with Crippen LogP contribution in [0.4, 0.5) is 11.5 Å². The van der Waals surface area contributed by atoms with Gasteiger partial charge in [0, 0.05) is 6.04 Å². The van der Waals surface area contributed by atoms with E-state index in [0.717, 1.165) is 21.5 Å². The molecule has 4 heteroatoms. The van der Waals surface area contributed by atoms with Gasteiger partial charge in [0.2, 0.25) is 0 Å². The Bertz CT molecular complexity index is 443. The molecule has 1 saturated carbocycles. The van der Waals surface area contributed by atoms with E-state index in [9.17, 15) is 0 Å². The second-order valence-electron chi connectivity index (χ2n) is 5.93. The predicted molar refractivity (Wildman–Crippen MR) is 80.7 cm³/mol. The van der Waals surface area contributed by atoms with Crippen LogP contribution in [-0.4, -0.2) is 11.0 Å². The van der Waals surface area contributed by atoms with Crippen molar-refractivity contribution in [3.63, 3.8) is 0 Å². The molecule has 0 saturated heterocycles. The van der Waals surface area contributed by atoms with Crippen LogP contribution < -0.4 is 11.1 Å². The van der Waals surface area contributed by atoms with E-state index in [1.807, 2.05) is 6.92 Å². The molecule has 0 radical (unpaired) electrons. The topological polar surface area (TPSA) is 50.9 Å². The van der Waals surface area contributed by atoms with Crippen molar-refractivity contribution in [2.24, 2.45) is 5.41 Å². The summed E-state index contributed by atoms with van der Waals surface area (Å²) in [5.74, 6) is 0.918. The Hall–Kier alpha value is -0.770. The van der Waals surface area contributed by atoms with E-state index in [-0.39, 0.29) is 0 Å². The second kappa shape index (κ2) is 5.08. The van der Waals surface area contributed by atoms with Gasteiger partial charge in [-0.3, -0.25) is 0 Å². The summed E-state index contributed by atoms with van der Waals surface area (Å²) in [4.78, 5) is 4.42. The molecular weight excluding hydrogens is 290 g/mol. The number of anilines is 2. The molecule has 1 fully saturated rings. The maximum atomic E-state index is 5.86. The number of halogens is 1. The van der Waals surface area contributed by atoms with Gasteiger partial charge in [0.25, 0.3) is 0 Å². The third-order valence-corrected chi connectivity index (χ3v) is 5.09. The molecule has 2 rings (SSSR count). The van der Waals surface area contributed by atoms with Gasteiger partial charge < -0.3 is 11.1 Å². The fourth-order valence-electron chi connectivity index (χ4n) is 2.62. The highest BCUT2D eigenvalue weighted by atomic mass is 79.9. The molecule has 1 unspecified atom stereocenters. The average molecular weight is 312 g/mol. The SMILES string of the molecule is Cc1c(N)cnc(NC2CCCCC2(C)C)c1Br. The van der Waals surface area contributed by atoms with E-state index < -0.39 is 0 Å². The Morgan fingerprint density at radius 1 is 1.44 bits per heavy atom. The Balaban J connectivity index is 2.21. The number of nitrogen functional groups attached to an aromatic ring is 1. The van der Waals surface area contributed by atoms with Crippen molar-refractivity contribution in [3.05, 3.63) is 16.2 Å². The van der Waals surface area contributed by atoms with Gasteiger partial charge in [-0.05, 0) is 46.7 Å². The summed E-state index contributed by atoms with van der Waals surface area (Å²) in [6.45, 7) is 6.68. The number of nitrogens with zero attached hydrogens (tertiary/aromatic N) is 1. The Kier molecular flexibility index (Phi) is 3.85. The molecule has 0 bridgehead atoms. The molecule has 100 valence electrons. The van der Waals surface area contributed by atoms with Crippen molar-refractivity contribution in [2.45, 2.75) is 52.5 Å². The second-order valence-corrected chi connectivity index (χ2v) is 6.73. The van der Waals surface area contributed by atoms with E-state index in [1.165, 1.54) is 25.7 Å². The molecule has 3 N–H and O–H groups in total. The normalized spacial score (nSPS) is 22.8. The van der Waals surface area contributed by atoms with E-state index in [4.69, 9.17) is 5.73 Å². The van der Waals surface area contributed by atoms with Crippen molar-refractivity contribution >= 4 is 27.4 Å². The average Bonchev–Trinajstić information content (AvgIpc) is 2.32.